The maximum absolute atomic E-state index is 11.8. The second-order valence-corrected chi connectivity index (χ2v) is 5.65. The molecule has 0 saturated carbocycles. The Hall–Kier alpha value is -1.35. The summed E-state index contributed by atoms with van der Waals surface area (Å²) in [4.78, 5) is 23.4. The van der Waals surface area contributed by atoms with Gasteiger partial charge in [0.05, 0.1) is 5.88 Å². The predicted octanol–water partition coefficient (Wildman–Crippen LogP) is 3.04. The minimum Gasteiger partial charge on any atom is -0.326 e. The fourth-order valence-corrected chi connectivity index (χ4v) is 2.58. The van der Waals surface area contributed by atoms with Crippen LogP contribution in [0.25, 0.3) is 0 Å². The average molecular weight is 266 g/mol. The van der Waals surface area contributed by atoms with Crippen LogP contribution in [0.15, 0.2) is 12.1 Å². The Kier molecular flexibility index (Phi) is 3.20. The van der Waals surface area contributed by atoms with Gasteiger partial charge in [-0.3, -0.25) is 9.59 Å². The molecule has 0 radical (unpaired) electrons. The van der Waals surface area contributed by atoms with E-state index in [0.29, 0.717) is 12.0 Å². The topological polar surface area (TPSA) is 46.2 Å². The number of nitrogens with one attached hydrogen (secondary N) is 1. The van der Waals surface area contributed by atoms with E-state index in [1.54, 1.807) is 0 Å². The van der Waals surface area contributed by atoms with Gasteiger partial charge in [0.2, 0.25) is 5.91 Å². The summed E-state index contributed by atoms with van der Waals surface area (Å²) >= 11 is 5.62. The highest BCUT2D eigenvalue weighted by Gasteiger charge is 2.32. The van der Waals surface area contributed by atoms with Gasteiger partial charge in [0.25, 0.3) is 0 Å². The monoisotopic (exact) mass is 265 g/mol. The standard InChI is InChI=1S/C14H16ClNO2/c1-8-4-11-10(5-9(8)12(17)7-15)14(2,3)6-13(18)16-11/h4-5H,6-7H2,1-3H3,(H,16,18). The lowest BCUT2D eigenvalue weighted by Gasteiger charge is -2.32. The number of aryl methyl sites for hydroxylation is 1. The molecule has 1 aliphatic heterocycles. The number of benzene rings is 1. The Morgan fingerprint density at radius 1 is 1.44 bits per heavy atom. The number of alkyl halides is 1. The number of amides is 1. The fraction of sp³-hybridized carbons (Fsp3) is 0.429. The molecule has 3 nitrogen and oxygen atoms in total. The highest BCUT2D eigenvalue weighted by Crippen LogP contribution is 2.38. The largest absolute Gasteiger partial charge is 0.326 e. The van der Waals surface area contributed by atoms with Crippen molar-refractivity contribution in [1.29, 1.82) is 0 Å². The molecule has 4 heteroatoms. The molecule has 0 fully saturated rings. The summed E-state index contributed by atoms with van der Waals surface area (Å²) in [7, 11) is 0. The molecule has 0 unspecified atom stereocenters. The zero-order valence-corrected chi connectivity index (χ0v) is 11.5. The van der Waals surface area contributed by atoms with Gasteiger partial charge in [-0.1, -0.05) is 13.8 Å². The third-order valence-electron chi connectivity index (χ3n) is 3.39. The number of halogens is 1. The number of hydrogen-bond acceptors (Lipinski definition) is 2. The van der Waals surface area contributed by atoms with E-state index in [1.807, 2.05) is 32.9 Å². The number of ketones is 1. The summed E-state index contributed by atoms with van der Waals surface area (Å²) in [6.07, 6.45) is 0.428. The Morgan fingerprint density at radius 2 is 2.11 bits per heavy atom. The second-order valence-electron chi connectivity index (χ2n) is 5.38. The van der Waals surface area contributed by atoms with Crippen molar-refractivity contribution >= 4 is 29.0 Å². The first-order valence-electron chi connectivity index (χ1n) is 5.89. The zero-order chi connectivity index (χ0) is 13.5. The van der Waals surface area contributed by atoms with Crippen LogP contribution in [0.4, 0.5) is 5.69 Å². The number of carbonyl (C=O) groups excluding carboxylic acids is 2. The van der Waals surface area contributed by atoms with E-state index in [4.69, 9.17) is 11.6 Å². The van der Waals surface area contributed by atoms with Gasteiger partial charge >= 0.3 is 0 Å². The molecule has 0 saturated heterocycles. The number of rotatable bonds is 2. The van der Waals surface area contributed by atoms with Crippen molar-refractivity contribution < 1.29 is 9.59 Å². The van der Waals surface area contributed by atoms with Gasteiger partial charge in [0, 0.05) is 23.1 Å². The molecule has 0 spiro atoms. The normalized spacial score (nSPS) is 17.0. The maximum Gasteiger partial charge on any atom is 0.225 e. The number of hydrogen-bond donors (Lipinski definition) is 1. The van der Waals surface area contributed by atoms with Crippen LogP contribution in [0.2, 0.25) is 0 Å². The number of carbonyl (C=O) groups is 2. The van der Waals surface area contributed by atoms with Crippen LogP contribution < -0.4 is 5.32 Å². The minimum absolute atomic E-state index is 0.0170. The summed E-state index contributed by atoms with van der Waals surface area (Å²) in [5.74, 6) is -0.0835. The van der Waals surface area contributed by atoms with Gasteiger partial charge in [-0.15, -0.1) is 11.6 Å². The predicted molar refractivity (Wildman–Crippen MR) is 72.5 cm³/mol. The lowest BCUT2D eigenvalue weighted by atomic mass is 9.76. The molecule has 0 aliphatic carbocycles. The molecule has 1 aromatic rings. The van der Waals surface area contributed by atoms with Gasteiger partial charge in [-0.05, 0) is 30.2 Å². The first-order valence-corrected chi connectivity index (χ1v) is 6.43. The zero-order valence-electron chi connectivity index (χ0n) is 10.8. The first-order chi connectivity index (χ1) is 8.35. The smallest absolute Gasteiger partial charge is 0.225 e. The molecule has 96 valence electrons. The highest BCUT2D eigenvalue weighted by atomic mass is 35.5. The van der Waals surface area contributed by atoms with Crippen LogP contribution in [0, 0.1) is 6.92 Å². The van der Waals surface area contributed by atoms with Crippen LogP contribution in [-0.2, 0) is 10.2 Å². The quantitative estimate of drug-likeness (QED) is 0.660. The van der Waals surface area contributed by atoms with E-state index in [9.17, 15) is 9.59 Å². The van der Waals surface area contributed by atoms with E-state index < -0.39 is 0 Å². The van der Waals surface area contributed by atoms with Gasteiger partial charge < -0.3 is 5.32 Å². The Morgan fingerprint density at radius 3 is 2.72 bits per heavy atom. The molecule has 1 aromatic carbocycles. The molecule has 1 aliphatic rings. The molecule has 0 atom stereocenters. The highest BCUT2D eigenvalue weighted by molar-refractivity contribution is 6.30. The molecule has 0 aromatic heterocycles. The summed E-state index contributed by atoms with van der Waals surface area (Å²) in [5, 5.41) is 2.86. The van der Waals surface area contributed by atoms with Crippen molar-refractivity contribution in [1.82, 2.24) is 0 Å². The third-order valence-corrected chi connectivity index (χ3v) is 3.63. The van der Waals surface area contributed by atoms with Crippen molar-refractivity contribution in [2.45, 2.75) is 32.6 Å². The van der Waals surface area contributed by atoms with E-state index >= 15 is 0 Å². The number of anilines is 1. The average Bonchev–Trinajstić information content (AvgIpc) is 2.25. The second kappa shape index (κ2) is 4.39. The van der Waals surface area contributed by atoms with Gasteiger partial charge in [-0.2, -0.15) is 0 Å². The minimum atomic E-state index is -0.257. The summed E-state index contributed by atoms with van der Waals surface area (Å²) in [6, 6.07) is 3.72. The molecular weight excluding hydrogens is 250 g/mol. The van der Waals surface area contributed by atoms with Crippen LogP contribution >= 0.6 is 11.6 Å². The summed E-state index contributed by atoms with van der Waals surface area (Å²) in [6.45, 7) is 5.87. The Labute approximate surface area is 112 Å². The van der Waals surface area contributed by atoms with Gasteiger partial charge in [0.15, 0.2) is 5.78 Å². The molecule has 2 rings (SSSR count). The molecule has 0 bridgehead atoms. The van der Waals surface area contributed by atoms with E-state index in [2.05, 4.69) is 5.32 Å². The number of fused-ring (bicyclic) bond motifs is 1. The summed E-state index contributed by atoms with van der Waals surface area (Å²) < 4.78 is 0. The van der Waals surface area contributed by atoms with Crippen LogP contribution in [0.1, 0.15) is 41.8 Å². The molecule has 1 amide bonds. The van der Waals surface area contributed by atoms with Crippen LogP contribution in [0.3, 0.4) is 0 Å². The van der Waals surface area contributed by atoms with Crippen LogP contribution in [-0.4, -0.2) is 17.6 Å². The molecule has 1 N–H and O–H groups in total. The SMILES string of the molecule is Cc1cc2c(cc1C(=O)CCl)C(C)(C)CC(=O)N2. The fourth-order valence-electron chi connectivity index (χ4n) is 2.43. The Balaban J connectivity index is 2.60. The number of Topliss-reactive ketones (excluding diaryl/α,β-unsaturated/α-hetero) is 1. The van der Waals surface area contributed by atoms with Crippen molar-refractivity contribution in [2.24, 2.45) is 0 Å². The molecule has 1 heterocycles. The Bertz CT molecular complexity index is 535. The summed E-state index contributed by atoms with van der Waals surface area (Å²) in [5.41, 5.74) is 3.04. The third kappa shape index (κ3) is 2.15. The molecule has 18 heavy (non-hydrogen) atoms. The lowest BCUT2D eigenvalue weighted by molar-refractivity contribution is -0.117. The van der Waals surface area contributed by atoms with Gasteiger partial charge in [-0.25, -0.2) is 0 Å². The van der Waals surface area contributed by atoms with Crippen molar-refractivity contribution in [3.8, 4) is 0 Å². The maximum atomic E-state index is 11.8. The van der Waals surface area contributed by atoms with Crippen molar-refractivity contribution in [3.05, 3.63) is 28.8 Å². The van der Waals surface area contributed by atoms with Crippen molar-refractivity contribution in [3.63, 3.8) is 0 Å². The molecular formula is C14H16ClNO2. The van der Waals surface area contributed by atoms with E-state index in [1.165, 1.54) is 0 Å². The van der Waals surface area contributed by atoms with Gasteiger partial charge in [0.1, 0.15) is 0 Å². The van der Waals surface area contributed by atoms with E-state index in [-0.39, 0.29) is 23.0 Å². The van der Waals surface area contributed by atoms with Crippen molar-refractivity contribution in [2.75, 3.05) is 11.2 Å². The first kappa shape index (κ1) is 13.1. The van der Waals surface area contributed by atoms with Crippen LogP contribution in [0.5, 0.6) is 0 Å². The lowest BCUT2D eigenvalue weighted by Crippen LogP contribution is -2.33. The van der Waals surface area contributed by atoms with E-state index in [0.717, 1.165) is 16.8 Å².